The molecule has 0 saturated carbocycles. The molecular weight excluding hydrogens is 238 g/mol. The summed E-state index contributed by atoms with van der Waals surface area (Å²) in [6, 6.07) is 3.98. The van der Waals surface area contributed by atoms with Gasteiger partial charge in [0, 0.05) is 29.0 Å². The molecule has 19 heavy (non-hydrogen) atoms. The molecule has 0 unspecified atom stereocenters. The smallest absolute Gasteiger partial charge is 0.155 e. The van der Waals surface area contributed by atoms with Crippen LogP contribution >= 0.6 is 0 Å². The van der Waals surface area contributed by atoms with Crippen molar-refractivity contribution >= 4 is 22.5 Å². The molecule has 0 aliphatic rings. The molecule has 5 heteroatoms. The third-order valence-corrected chi connectivity index (χ3v) is 3.32. The predicted molar refractivity (Wildman–Crippen MR) is 76.7 cm³/mol. The molecule has 0 aromatic carbocycles. The van der Waals surface area contributed by atoms with Crippen LogP contribution in [0.1, 0.15) is 24.6 Å². The normalized spacial score (nSPS) is 11.1. The number of hydrogen-bond acceptors (Lipinski definition) is 3. The monoisotopic (exact) mass is 255 g/mol. The number of aryl methyl sites for hydroxylation is 1. The molecule has 98 valence electrons. The summed E-state index contributed by atoms with van der Waals surface area (Å²) in [4.78, 5) is 7.38. The molecule has 0 atom stereocenters. The summed E-state index contributed by atoms with van der Waals surface area (Å²) < 4.78 is 0. The van der Waals surface area contributed by atoms with Gasteiger partial charge >= 0.3 is 0 Å². The van der Waals surface area contributed by atoms with E-state index in [0.717, 1.165) is 35.4 Å². The number of rotatable bonds is 4. The Hall–Kier alpha value is -2.30. The van der Waals surface area contributed by atoms with Gasteiger partial charge in [0.2, 0.25) is 0 Å². The van der Waals surface area contributed by atoms with E-state index in [4.69, 9.17) is 0 Å². The lowest BCUT2D eigenvalue weighted by Crippen LogP contribution is -1.94. The van der Waals surface area contributed by atoms with Crippen LogP contribution in [0.15, 0.2) is 24.5 Å². The SMILES string of the molecule is CCCc1[nH]nc(Nc2ccnc3[nH]ccc23)c1C. The van der Waals surface area contributed by atoms with Crippen molar-refractivity contribution in [1.29, 1.82) is 0 Å². The third-order valence-electron chi connectivity index (χ3n) is 3.32. The lowest BCUT2D eigenvalue weighted by molar-refractivity contribution is 0.861. The maximum Gasteiger partial charge on any atom is 0.155 e. The van der Waals surface area contributed by atoms with Gasteiger partial charge in [-0.2, -0.15) is 5.10 Å². The zero-order valence-electron chi connectivity index (χ0n) is 11.1. The van der Waals surface area contributed by atoms with Crippen molar-refractivity contribution in [3.05, 3.63) is 35.8 Å². The third kappa shape index (κ3) is 2.07. The molecule has 0 saturated heterocycles. The number of aromatic nitrogens is 4. The maximum atomic E-state index is 4.35. The molecule has 3 heterocycles. The van der Waals surface area contributed by atoms with Gasteiger partial charge in [0.15, 0.2) is 5.82 Å². The molecular formula is C14H17N5. The number of hydrogen-bond donors (Lipinski definition) is 3. The summed E-state index contributed by atoms with van der Waals surface area (Å²) in [5, 5.41) is 11.9. The lowest BCUT2D eigenvalue weighted by atomic mass is 10.1. The van der Waals surface area contributed by atoms with E-state index in [1.807, 2.05) is 18.3 Å². The fraction of sp³-hybridized carbons (Fsp3) is 0.286. The van der Waals surface area contributed by atoms with Gasteiger partial charge in [0.05, 0.1) is 5.69 Å². The van der Waals surface area contributed by atoms with Crippen LogP contribution in [0.25, 0.3) is 11.0 Å². The Morgan fingerprint density at radius 1 is 1.32 bits per heavy atom. The molecule has 3 aromatic rings. The van der Waals surface area contributed by atoms with Crippen LogP contribution in [0.4, 0.5) is 11.5 Å². The Balaban J connectivity index is 1.95. The Morgan fingerprint density at radius 3 is 3.05 bits per heavy atom. The zero-order chi connectivity index (χ0) is 13.2. The van der Waals surface area contributed by atoms with Crippen molar-refractivity contribution in [3.8, 4) is 0 Å². The highest BCUT2D eigenvalue weighted by Gasteiger charge is 2.10. The number of H-pyrrole nitrogens is 2. The average Bonchev–Trinajstić information content (AvgIpc) is 3.01. The highest BCUT2D eigenvalue weighted by atomic mass is 15.2. The van der Waals surface area contributed by atoms with Crippen molar-refractivity contribution < 1.29 is 0 Å². The molecule has 0 spiro atoms. The number of anilines is 2. The second-order valence-electron chi connectivity index (χ2n) is 4.65. The molecule has 3 N–H and O–H groups in total. The van der Waals surface area contributed by atoms with Crippen molar-refractivity contribution in [2.75, 3.05) is 5.32 Å². The lowest BCUT2D eigenvalue weighted by Gasteiger charge is -2.05. The summed E-state index contributed by atoms with van der Waals surface area (Å²) >= 11 is 0. The van der Waals surface area contributed by atoms with Crippen LogP contribution in [-0.2, 0) is 6.42 Å². The van der Waals surface area contributed by atoms with Crippen LogP contribution in [-0.4, -0.2) is 20.2 Å². The number of fused-ring (bicyclic) bond motifs is 1. The number of nitrogens with zero attached hydrogens (tertiary/aromatic N) is 2. The van der Waals surface area contributed by atoms with Crippen LogP contribution < -0.4 is 5.32 Å². The van der Waals surface area contributed by atoms with Crippen molar-refractivity contribution in [2.24, 2.45) is 0 Å². The summed E-state index contributed by atoms with van der Waals surface area (Å²) in [6.45, 7) is 4.26. The van der Waals surface area contributed by atoms with E-state index < -0.39 is 0 Å². The summed E-state index contributed by atoms with van der Waals surface area (Å²) in [5.74, 6) is 0.886. The van der Waals surface area contributed by atoms with E-state index in [0.29, 0.717) is 0 Å². The van der Waals surface area contributed by atoms with E-state index in [1.165, 1.54) is 11.3 Å². The van der Waals surface area contributed by atoms with Crippen LogP contribution in [0.3, 0.4) is 0 Å². The van der Waals surface area contributed by atoms with E-state index in [2.05, 4.69) is 39.3 Å². The Bertz CT molecular complexity index is 695. The van der Waals surface area contributed by atoms with Gasteiger partial charge in [0.1, 0.15) is 5.65 Å². The van der Waals surface area contributed by atoms with Gasteiger partial charge in [-0.1, -0.05) is 13.3 Å². The Morgan fingerprint density at radius 2 is 2.21 bits per heavy atom. The minimum Gasteiger partial charge on any atom is -0.346 e. The molecule has 5 nitrogen and oxygen atoms in total. The molecule has 0 aliphatic carbocycles. The fourth-order valence-corrected chi connectivity index (χ4v) is 2.25. The maximum absolute atomic E-state index is 4.35. The standard InChI is InChI=1S/C14H17N5/c1-3-4-11-9(2)13(19-18-11)17-12-6-8-16-14-10(12)5-7-15-14/h5-8H,3-4H2,1-2H3,(H3,15,16,17,18,19). The summed E-state index contributed by atoms with van der Waals surface area (Å²) in [7, 11) is 0. The quantitative estimate of drug-likeness (QED) is 0.670. The van der Waals surface area contributed by atoms with Crippen molar-refractivity contribution in [1.82, 2.24) is 20.2 Å². The van der Waals surface area contributed by atoms with E-state index in [9.17, 15) is 0 Å². The first-order valence-electron chi connectivity index (χ1n) is 6.52. The van der Waals surface area contributed by atoms with Crippen molar-refractivity contribution in [3.63, 3.8) is 0 Å². The number of pyridine rings is 1. The second-order valence-corrected chi connectivity index (χ2v) is 4.65. The zero-order valence-corrected chi connectivity index (χ0v) is 11.1. The second kappa shape index (κ2) is 4.76. The predicted octanol–water partition coefficient (Wildman–Crippen LogP) is 3.29. The summed E-state index contributed by atoms with van der Waals surface area (Å²) in [5.41, 5.74) is 4.28. The van der Waals surface area contributed by atoms with Gasteiger partial charge in [0.25, 0.3) is 0 Å². The Kier molecular flexibility index (Phi) is 2.95. The van der Waals surface area contributed by atoms with Gasteiger partial charge in [-0.05, 0) is 25.5 Å². The Labute approximate surface area is 111 Å². The first-order chi connectivity index (χ1) is 9.29. The molecule has 3 rings (SSSR count). The van der Waals surface area contributed by atoms with Crippen LogP contribution in [0.5, 0.6) is 0 Å². The molecule has 0 bridgehead atoms. The molecule has 0 amide bonds. The van der Waals surface area contributed by atoms with Gasteiger partial charge in [-0.15, -0.1) is 0 Å². The molecule has 0 radical (unpaired) electrons. The minimum atomic E-state index is 0.881. The first kappa shape index (κ1) is 11.8. The topological polar surface area (TPSA) is 69.4 Å². The highest BCUT2D eigenvalue weighted by molar-refractivity contribution is 5.91. The molecule has 0 fully saturated rings. The highest BCUT2D eigenvalue weighted by Crippen LogP contribution is 2.26. The van der Waals surface area contributed by atoms with Gasteiger partial charge in [-0.3, -0.25) is 5.10 Å². The molecule has 0 aliphatic heterocycles. The first-order valence-corrected chi connectivity index (χ1v) is 6.52. The van der Waals surface area contributed by atoms with Gasteiger partial charge < -0.3 is 10.3 Å². The minimum absolute atomic E-state index is 0.881. The van der Waals surface area contributed by atoms with Gasteiger partial charge in [-0.25, -0.2) is 4.98 Å². The van der Waals surface area contributed by atoms with Crippen LogP contribution in [0.2, 0.25) is 0 Å². The largest absolute Gasteiger partial charge is 0.346 e. The van der Waals surface area contributed by atoms with Crippen molar-refractivity contribution in [2.45, 2.75) is 26.7 Å². The van der Waals surface area contributed by atoms with E-state index in [-0.39, 0.29) is 0 Å². The average molecular weight is 255 g/mol. The number of aromatic amines is 2. The summed E-state index contributed by atoms with van der Waals surface area (Å²) in [6.07, 6.45) is 5.81. The number of nitrogens with one attached hydrogen (secondary N) is 3. The fourth-order valence-electron chi connectivity index (χ4n) is 2.25. The molecule has 3 aromatic heterocycles. The van der Waals surface area contributed by atoms with E-state index in [1.54, 1.807) is 6.20 Å². The van der Waals surface area contributed by atoms with Crippen LogP contribution in [0, 0.1) is 6.92 Å². The van der Waals surface area contributed by atoms with E-state index >= 15 is 0 Å².